The molecule has 0 nitrogen and oxygen atoms in total. The second-order valence-electron chi connectivity index (χ2n) is 2.18. The van der Waals surface area contributed by atoms with E-state index in [0.717, 1.165) is 12.3 Å². The fraction of sp³-hybridized carbons (Fsp3) is 0.857. The van der Waals surface area contributed by atoms with Crippen LogP contribution in [0.25, 0.3) is 0 Å². The van der Waals surface area contributed by atoms with Crippen molar-refractivity contribution in [2.75, 3.05) is 0 Å². The topological polar surface area (TPSA) is 0 Å². The van der Waals surface area contributed by atoms with Crippen LogP contribution >= 0.6 is 0 Å². The summed E-state index contributed by atoms with van der Waals surface area (Å²) in [6.45, 7) is 8.27. The lowest BCUT2D eigenvalue weighted by molar-refractivity contribution is 0.530. The summed E-state index contributed by atoms with van der Waals surface area (Å²) in [5, 5.41) is 0. The molecule has 0 aromatic heterocycles. The summed E-state index contributed by atoms with van der Waals surface area (Å²) in [6.07, 6.45) is 3.73. The normalized spacial score (nSPS) is 14.1. The molecule has 0 amide bonds. The number of rotatable bonds is 3. The first-order valence-corrected chi connectivity index (χ1v) is 3.10. The second kappa shape index (κ2) is 4.17. The molecule has 0 heteroatoms. The van der Waals surface area contributed by atoms with E-state index in [0.29, 0.717) is 0 Å². The van der Waals surface area contributed by atoms with Crippen molar-refractivity contribution in [2.45, 2.75) is 33.1 Å². The van der Waals surface area contributed by atoms with E-state index >= 15 is 0 Å². The lowest BCUT2D eigenvalue weighted by atomic mass is 10.0. The largest absolute Gasteiger partial charge is 0.0654 e. The Kier molecular flexibility index (Phi) is 4.17. The van der Waals surface area contributed by atoms with Crippen molar-refractivity contribution in [1.29, 1.82) is 0 Å². The molecular weight excluding hydrogens is 84.1 g/mol. The van der Waals surface area contributed by atoms with Gasteiger partial charge in [-0.05, 0) is 5.92 Å². The molecule has 0 spiro atoms. The van der Waals surface area contributed by atoms with E-state index < -0.39 is 0 Å². The van der Waals surface area contributed by atoms with Gasteiger partial charge in [0.2, 0.25) is 0 Å². The molecule has 43 valence electrons. The van der Waals surface area contributed by atoms with Crippen LogP contribution in [0.5, 0.6) is 0 Å². The highest BCUT2D eigenvalue weighted by Gasteiger charge is 1.92. The zero-order valence-corrected chi connectivity index (χ0v) is 5.41. The van der Waals surface area contributed by atoms with Gasteiger partial charge < -0.3 is 0 Å². The van der Waals surface area contributed by atoms with Crippen molar-refractivity contribution in [3.8, 4) is 0 Å². The van der Waals surface area contributed by atoms with Gasteiger partial charge in [0.1, 0.15) is 0 Å². The molecule has 0 aliphatic heterocycles. The van der Waals surface area contributed by atoms with E-state index in [-0.39, 0.29) is 0 Å². The van der Waals surface area contributed by atoms with Crippen LogP contribution in [0.15, 0.2) is 0 Å². The summed E-state index contributed by atoms with van der Waals surface area (Å²) in [5.41, 5.74) is 0. The molecule has 0 N–H and O–H groups in total. The van der Waals surface area contributed by atoms with Gasteiger partial charge in [-0.2, -0.15) is 0 Å². The van der Waals surface area contributed by atoms with Crippen LogP contribution in [0, 0.1) is 12.8 Å². The van der Waals surface area contributed by atoms with Crippen molar-refractivity contribution in [3.05, 3.63) is 6.92 Å². The molecule has 1 radical (unpaired) electrons. The molecular formula is C7H15. The minimum absolute atomic E-state index is 0.838. The van der Waals surface area contributed by atoms with E-state index in [9.17, 15) is 0 Å². The number of hydrogen-bond donors (Lipinski definition) is 0. The first kappa shape index (κ1) is 7.00. The van der Waals surface area contributed by atoms with Crippen molar-refractivity contribution in [1.82, 2.24) is 0 Å². The van der Waals surface area contributed by atoms with E-state index in [1.807, 2.05) is 0 Å². The van der Waals surface area contributed by atoms with Crippen LogP contribution in [-0.4, -0.2) is 0 Å². The van der Waals surface area contributed by atoms with Gasteiger partial charge in [-0.25, -0.2) is 0 Å². The predicted octanol–water partition coefficient (Wildman–Crippen LogP) is 2.65. The molecule has 0 aliphatic rings. The number of hydrogen-bond acceptors (Lipinski definition) is 0. The van der Waals surface area contributed by atoms with Gasteiger partial charge in [-0.1, -0.05) is 40.0 Å². The van der Waals surface area contributed by atoms with Crippen LogP contribution < -0.4 is 0 Å². The zero-order chi connectivity index (χ0) is 5.70. The average molecular weight is 99.2 g/mol. The molecule has 0 aliphatic carbocycles. The monoisotopic (exact) mass is 99.1 g/mol. The molecule has 0 unspecified atom stereocenters. The lowest BCUT2D eigenvalue weighted by Gasteiger charge is -2.02. The van der Waals surface area contributed by atoms with Crippen LogP contribution in [0.1, 0.15) is 33.1 Å². The van der Waals surface area contributed by atoms with Gasteiger partial charge >= 0.3 is 0 Å². The lowest BCUT2D eigenvalue weighted by Crippen LogP contribution is -1.88. The summed E-state index contributed by atoms with van der Waals surface area (Å²) >= 11 is 0. The molecule has 0 saturated carbocycles. The van der Waals surface area contributed by atoms with Crippen molar-refractivity contribution in [2.24, 2.45) is 5.92 Å². The Labute approximate surface area is 46.9 Å². The molecule has 7 heavy (non-hydrogen) atoms. The van der Waals surface area contributed by atoms with Gasteiger partial charge in [0.05, 0.1) is 0 Å². The maximum atomic E-state index is 3.80. The van der Waals surface area contributed by atoms with E-state index in [1.54, 1.807) is 0 Å². The molecule has 0 aromatic rings. The summed E-state index contributed by atoms with van der Waals surface area (Å²) in [6, 6.07) is 0. The smallest absolute Gasteiger partial charge is 0.0443 e. The van der Waals surface area contributed by atoms with Gasteiger partial charge in [-0.3, -0.25) is 0 Å². The van der Waals surface area contributed by atoms with Crippen LogP contribution in [0.2, 0.25) is 0 Å². The third kappa shape index (κ3) is 3.84. The molecule has 0 rings (SSSR count). The highest BCUT2D eigenvalue weighted by Crippen LogP contribution is 2.06. The average Bonchev–Trinajstić information content (AvgIpc) is 1.68. The van der Waals surface area contributed by atoms with E-state index in [4.69, 9.17) is 0 Å². The van der Waals surface area contributed by atoms with Gasteiger partial charge in [0.15, 0.2) is 0 Å². The minimum Gasteiger partial charge on any atom is -0.0654 e. The predicted molar refractivity (Wildman–Crippen MR) is 34.0 cm³/mol. The summed E-state index contributed by atoms with van der Waals surface area (Å²) in [4.78, 5) is 0. The second-order valence-corrected chi connectivity index (χ2v) is 2.18. The summed E-state index contributed by atoms with van der Waals surface area (Å²) < 4.78 is 0. The molecule has 0 saturated heterocycles. The highest BCUT2D eigenvalue weighted by molar-refractivity contribution is 4.51. The maximum Gasteiger partial charge on any atom is -0.0443 e. The van der Waals surface area contributed by atoms with Crippen molar-refractivity contribution in [3.63, 3.8) is 0 Å². The van der Waals surface area contributed by atoms with E-state index in [1.165, 1.54) is 12.8 Å². The fourth-order valence-electron chi connectivity index (χ4n) is 0.637. The first-order chi connectivity index (χ1) is 3.31. The Balaban J connectivity index is 2.83. The molecule has 1 atom stereocenters. The van der Waals surface area contributed by atoms with Crippen molar-refractivity contribution < 1.29 is 0 Å². The van der Waals surface area contributed by atoms with Gasteiger partial charge in [0, 0.05) is 0 Å². The third-order valence-electron chi connectivity index (χ3n) is 1.27. The van der Waals surface area contributed by atoms with Crippen LogP contribution in [0.4, 0.5) is 0 Å². The maximum absolute atomic E-state index is 3.80. The SMILES string of the molecule is [CH2]C[C@H](C)CCC. The quantitative estimate of drug-likeness (QED) is 0.510. The summed E-state index contributed by atoms with van der Waals surface area (Å²) in [5.74, 6) is 0.838. The van der Waals surface area contributed by atoms with Gasteiger partial charge in [-0.15, -0.1) is 0 Å². The Morgan fingerprint density at radius 2 is 2.14 bits per heavy atom. The third-order valence-corrected chi connectivity index (χ3v) is 1.27. The summed E-state index contributed by atoms with van der Waals surface area (Å²) in [7, 11) is 0. The van der Waals surface area contributed by atoms with Crippen molar-refractivity contribution >= 4 is 0 Å². The molecule has 0 bridgehead atoms. The minimum atomic E-state index is 0.838. The Morgan fingerprint density at radius 1 is 1.57 bits per heavy atom. The fourth-order valence-corrected chi connectivity index (χ4v) is 0.637. The standard InChI is InChI=1S/C7H15/c1-4-6-7(3)5-2/h7H,2,4-6H2,1,3H3/t7-/m0/s1. The van der Waals surface area contributed by atoms with Gasteiger partial charge in [0.25, 0.3) is 0 Å². The highest BCUT2D eigenvalue weighted by atomic mass is 14.0. The van der Waals surface area contributed by atoms with Crippen LogP contribution in [0.3, 0.4) is 0 Å². The Morgan fingerprint density at radius 3 is 2.29 bits per heavy atom. The molecule has 0 aromatic carbocycles. The Hall–Kier alpha value is 0. The van der Waals surface area contributed by atoms with E-state index in [2.05, 4.69) is 20.8 Å². The first-order valence-electron chi connectivity index (χ1n) is 3.10. The zero-order valence-electron chi connectivity index (χ0n) is 5.41. The van der Waals surface area contributed by atoms with Crippen LogP contribution in [-0.2, 0) is 0 Å². The Bertz CT molecular complexity index is 31.0. The molecule has 0 fully saturated rings. The molecule has 0 heterocycles.